The molecule has 14 nitrogen and oxygen atoms in total. The van der Waals surface area contributed by atoms with Gasteiger partial charge in [0, 0.05) is 12.8 Å². The third-order valence-electron chi connectivity index (χ3n) is 7.82. The van der Waals surface area contributed by atoms with Crippen molar-refractivity contribution >= 4 is 35.8 Å². The van der Waals surface area contributed by atoms with Crippen LogP contribution in [-0.2, 0) is 57.2 Å². The third-order valence-corrected chi connectivity index (χ3v) is 7.82. The Morgan fingerprint density at radius 3 is 1.16 bits per heavy atom. The van der Waals surface area contributed by atoms with Crippen molar-refractivity contribution in [1.29, 1.82) is 0 Å². The molecule has 296 valence electrons. The van der Waals surface area contributed by atoms with E-state index in [1.54, 1.807) is 0 Å². The van der Waals surface area contributed by atoms with Crippen molar-refractivity contribution in [2.45, 2.75) is 181 Å². The molecule has 0 aromatic carbocycles. The van der Waals surface area contributed by atoms with Crippen molar-refractivity contribution in [2.24, 2.45) is 0 Å². The van der Waals surface area contributed by atoms with Crippen molar-refractivity contribution in [1.82, 2.24) is 0 Å². The highest BCUT2D eigenvalue weighted by Crippen LogP contribution is 2.19. The summed E-state index contributed by atoms with van der Waals surface area (Å²) in [7, 11) is 0. The second kappa shape index (κ2) is 31.5. The van der Waals surface area contributed by atoms with E-state index in [1.165, 1.54) is 0 Å². The Morgan fingerprint density at radius 2 is 0.804 bits per heavy atom. The third kappa shape index (κ3) is 27.1. The minimum Gasteiger partial charge on any atom is -0.465 e. The van der Waals surface area contributed by atoms with Gasteiger partial charge < -0.3 is 38.6 Å². The first kappa shape index (κ1) is 47.7. The van der Waals surface area contributed by atoms with E-state index in [0.717, 1.165) is 38.5 Å². The lowest BCUT2D eigenvalue weighted by Crippen LogP contribution is -2.32. The molecular weight excluding hydrogens is 668 g/mol. The molecule has 0 radical (unpaired) electrons. The molecule has 2 N–H and O–H groups in total. The number of aliphatic hydroxyl groups is 2. The largest absolute Gasteiger partial charge is 0.465 e. The molecule has 4 unspecified atom stereocenters. The summed E-state index contributed by atoms with van der Waals surface area (Å²) in [4.78, 5) is 72.1. The first-order chi connectivity index (χ1) is 24.5. The predicted octanol–water partition coefficient (Wildman–Crippen LogP) is 5.54. The van der Waals surface area contributed by atoms with Crippen molar-refractivity contribution in [2.75, 3.05) is 20.0 Å². The molecule has 0 rings (SSSR count). The van der Waals surface area contributed by atoms with E-state index in [0.29, 0.717) is 51.4 Å². The lowest BCUT2D eigenvalue weighted by molar-refractivity contribution is -0.167. The lowest BCUT2D eigenvalue weighted by Gasteiger charge is -2.23. The molecule has 0 bridgehead atoms. The quantitative estimate of drug-likeness (QED) is 0.0287. The predicted molar refractivity (Wildman–Crippen MR) is 186 cm³/mol. The van der Waals surface area contributed by atoms with Gasteiger partial charge >= 0.3 is 35.8 Å². The molecule has 0 amide bonds. The molecule has 0 aliphatic heterocycles. The van der Waals surface area contributed by atoms with Crippen LogP contribution in [0.2, 0.25) is 0 Å². The first-order valence-corrected chi connectivity index (χ1v) is 18.8. The number of aliphatic hydroxyl groups excluding tert-OH is 2. The van der Waals surface area contributed by atoms with Crippen molar-refractivity contribution < 1.29 is 67.4 Å². The Balaban J connectivity index is 4.41. The van der Waals surface area contributed by atoms with E-state index in [1.807, 2.05) is 27.7 Å². The number of hydrogen-bond acceptors (Lipinski definition) is 14. The summed E-state index contributed by atoms with van der Waals surface area (Å²) in [6.07, 6.45) is 5.18. The normalized spacial score (nSPS) is 13.3. The van der Waals surface area contributed by atoms with Gasteiger partial charge in [-0.3, -0.25) is 28.8 Å². The highest BCUT2D eigenvalue weighted by Gasteiger charge is 2.26. The maximum absolute atomic E-state index is 12.2. The summed E-state index contributed by atoms with van der Waals surface area (Å²) in [5.41, 5.74) is 0. The van der Waals surface area contributed by atoms with Gasteiger partial charge in [0.2, 0.25) is 6.79 Å². The van der Waals surface area contributed by atoms with Crippen LogP contribution in [0.15, 0.2) is 0 Å². The van der Waals surface area contributed by atoms with Crippen LogP contribution >= 0.6 is 0 Å². The van der Waals surface area contributed by atoms with Crippen LogP contribution in [-0.4, -0.2) is 90.5 Å². The summed E-state index contributed by atoms with van der Waals surface area (Å²) in [5.74, 6) is -3.98. The van der Waals surface area contributed by atoms with Crippen LogP contribution in [0.25, 0.3) is 0 Å². The van der Waals surface area contributed by atoms with Crippen molar-refractivity contribution in [3.63, 3.8) is 0 Å². The number of rotatable bonds is 32. The van der Waals surface area contributed by atoms with Gasteiger partial charge in [-0.25, -0.2) is 0 Å². The topological polar surface area (TPSA) is 198 Å². The second-order valence-electron chi connectivity index (χ2n) is 12.6. The summed E-state index contributed by atoms with van der Waals surface area (Å²) < 4.78 is 30.6. The molecule has 4 atom stereocenters. The van der Waals surface area contributed by atoms with Crippen LogP contribution in [0.1, 0.15) is 156 Å². The number of carbonyl (C=O) groups excluding carboxylic acids is 6. The minimum absolute atomic E-state index is 0.0373. The standard InChI is InChI=1S/C37H64O14/c1-5-9-11-19-30(50-36(44)25-34(42)46-23-7-3)28(38)17-13-15-21-32(40)48-27-49-33(41)22-16-14-18-29(39)31(20-12-10-6-2)51-37(45)26-35(43)47-24-8-4/h28-31,38-39H,5-27H2,1-4H3. The number of hydrogen-bond donors (Lipinski definition) is 2. The van der Waals surface area contributed by atoms with Crippen LogP contribution in [0.5, 0.6) is 0 Å². The van der Waals surface area contributed by atoms with Crippen LogP contribution in [0.4, 0.5) is 0 Å². The first-order valence-electron chi connectivity index (χ1n) is 18.8. The van der Waals surface area contributed by atoms with Gasteiger partial charge in [-0.2, -0.15) is 0 Å². The zero-order chi connectivity index (χ0) is 38.3. The van der Waals surface area contributed by atoms with Crippen molar-refractivity contribution in [3.05, 3.63) is 0 Å². The molecule has 0 aromatic rings. The van der Waals surface area contributed by atoms with E-state index < -0.39 is 79.9 Å². The Kier molecular flexibility index (Phi) is 29.5. The van der Waals surface area contributed by atoms with E-state index in [4.69, 9.17) is 28.4 Å². The van der Waals surface area contributed by atoms with Crippen LogP contribution in [0.3, 0.4) is 0 Å². The summed E-state index contributed by atoms with van der Waals surface area (Å²) in [6.45, 7) is 7.65. The number of unbranched alkanes of at least 4 members (excludes halogenated alkanes) is 6. The van der Waals surface area contributed by atoms with Gasteiger partial charge in [-0.1, -0.05) is 66.2 Å². The fourth-order valence-electron chi connectivity index (χ4n) is 4.96. The molecule has 14 heteroatoms. The zero-order valence-electron chi connectivity index (χ0n) is 31.4. The number of ether oxygens (including phenoxy) is 6. The summed E-state index contributed by atoms with van der Waals surface area (Å²) in [5, 5.41) is 21.3. The van der Waals surface area contributed by atoms with Gasteiger partial charge in [0.15, 0.2) is 0 Å². The number of esters is 6. The average Bonchev–Trinajstić information content (AvgIpc) is 3.09. The molecule has 0 saturated heterocycles. The fourth-order valence-corrected chi connectivity index (χ4v) is 4.96. The Bertz CT molecular complexity index is 908. The molecule has 0 aliphatic carbocycles. The molecule has 0 fully saturated rings. The molecule has 51 heavy (non-hydrogen) atoms. The van der Waals surface area contributed by atoms with Crippen molar-refractivity contribution in [3.8, 4) is 0 Å². The zero-order valence-corrected chi connectivity index (χ0v) is 31.4. The second-order valence-corrected chi connectivity index (χ2v) is 12.6. The number of carbonyl (C=O) groups is 6. The molecule has 0 aliphatic rings. The van der Waals surface area contributed by atoms with Gasteiger partial charge in [-0.05, 0) is 64.2 Å². The van der Waals surface area contributed by atoms with Gasteiger partial charge in [0.1, 0.15) is 25.0 Å². The Morgan fingerprint density at radius 1 is 0.431 bits per heavy atom. The molecule has 0 aromatic heterocycles. The maximum atomic E-state index is 12.2. The van der Waals surface area contributed by atoms with E-state index in [2.05, 4.69) is 0 Å². The Hall–Kier alpha value is -3.26. The van der Waals surface area contributed by atoms with E-state index in [9.17, 15) is 39.0 Å². The minimum atomic E-state index is -0.960. The SMILES string of the molecule is CCCCCC(OC(=O)CC(=O)OCCC)C(O)CCCCC(=O)OCOC(=O)CCCCC(O)C(CCCCC)OC(=O)CC(=O)OCCC. The summed E-state index contributed by atoms with van der Waals surface area (Å²) in [6, 6.07) is 0. The van der Waals surface area contributed by atoms with Gasteiger partial charge in [-0.15, -0.1) is 0 Å². The van der Waals surface area contributed by atoms with Crippen LogP contribution < -0.4 is 0 Å². The molecule has 0 heterocycles. The monoisotopic (exact) mass is 732 g/mol. The smallest absolute Gasteiger partial charge is 0.317 e. The molecule has 0 saturated carbocycles. The van der Waals surface area contributed by atoms with Gasteiger partial charge in [0.25, 0.3) is 0 Å². The molecular formula is C37H64O14. The fraction of sp³-hybridized carbons (Fsp3) is 0.838. The Labute approximate surface area is 303 Å². The van der Waals surface area contributed by atoms with Crippen LogP contribution in [0, 0.1) is 0 Å². The maximum Gasteiger partial charge on any atom is 0.317 e. The lowest BCUT2D eigenvalue weighted by atomic mass is 10.0. The highest BCUT2D eigenvalue weighted by molar-refractivity contribution is 5.91. The van der Waals surface area contributed by atoms with E-state index in [-0.39, 0.29) is 38.9 Å². The van der Waals surface area contributed by atoms with E-state index >= 15 is 0 Å². The highest BCUT2D eigenvalue weighted by atomic mass is 16.7. The summed E-state index contributed by atoms with van der Waals surface area (Å²) >= 11 is 0. The molecule has 0 spiro atoms. The van der Waals surface area contributed by atoms with Gasteiger partial charge in [0.05, 0.1) is 25.4 Å². The average molecular weight is 733 g/mol.